The third-order valence-corrected chi connectivity index (χ3v) is 6.51. The van der Waals surface area contributed by atoms with Crippen LogP contribution in [0.3, 0.4) is 0 Å². The van der Waals surface area contributed by atoms with Crippen LogP contribution < -0.4 is 4.90 Å². The molecular weight excluding hydrogens is 369 g/mol. The van der Waals surface area contributed by atoms with Crippen LogP contribution in [0.15, 0.2) is 0 Å². The van der Waals surface area contributed by atoms with Crippen molar-refractivity contribution in [3.05, 3.63) is 17.0 Å². The number of nitrogens with zero attached hydrogens (tertiary/aromatic N) is 4. The molecular formula is C16H21F3N4O2S. The molecule has 3 fully saturated rings. The highest BCUT2D eigenvalue weighted by Crippen LogP contribution is 2.47. The van der Waals surface area contributed by atoms with Crippen molar-refractivity contribution in [2.24, 2.45) is 0 Å². The minimum Gasteiger partial charge on any atom is -0.338 e. The first kappa shape index (κ1) is 18.1. The number of rotatable bonds is 4. The smallest absolute Gasteiger partial charge is 0.338 e. The predicted molar refractivity (Wildman–Crippen MR) is 90.5 cm³/mol. The van der Waals surface area contributed by atoms with Gasteiger partial charge in [-0.15, -0.1) is 0 Å². The van der Waals surface area contributed by atoms with E-state index in [9.17, 15) is 17.4 Å². The van der Waals surface area contributed by atoms with Crippen molar-refractivity contribution >= 4 is 17.0 Å². The summed E-state index contributed by atoms with van der Waals surface area (Å²) < 4.78 is 60.5. The molecule has 3 aliphatic heterocycles. The molecule has 26 heavy (non-hydrogen) atoms. The van der Waals surface area contributed by atoms with Gasteiger partial charge >= 0.3 is 6.18 Å². The molecule has 1 aromatic heterocycles. The van der Waals surface area contributed by atoms with E-state index >= 15 is 0 Å². The van der Waals surface area contributed by atoms with Crippen molar-refractivity contribution in [1.82, 2.24) is 14.9 Å². The maximum atomic E-state index is 13.5. The molecule has 0 bridgehead atoms. The van der Waals surface area contributed by atoms with E-state index in [0.29, 0.717) is 25.2 Å². The number of anilines is 1. The second kappa shape index (κ2) is 6.13. The molecule has 0 aliphatic carbocycles. The van der Waals surface area contributed by atoms with Crippen molar-refractivity contribution in [2.75, 3.05) is 23.7 Å². The minimum atomic E-state index is -4.51. The average molecular weight is 390 g/mol. The number of hydrogen-bond donors (Lipinski definition) is 1. The van der Waals surface area contributed by atoms with Gasteiger partial charge in [-0.1, -0.05) is 0 Å². The monoisotopic (exact) mass is 390 g/mol. The Balaban J connectivity index is 1.62. The number of piperidine rings is 1. The van der Waals surface area contributed by atoms with Crippen molar-refractivity contribution in [3.8, 4) is 0 Å². The molecule has 1 aromatic rings. The SMILES string of the molecule is Cc1c(C2C[C@H]3[C@@H](CS(=O)O)[N@]3C2)nc(N2CC[C@@H]2C)nc1C(F)(F)F. The Kier molecular flexibility index (Phi) is 4.27. The molecule has 0 radical (unpaired) electrons. The van der Waals surface area contributed by atoms with Gasteiger partial charge in [0.25, 0.3) is 0 Å². The molecule has 2 unspecified atom stereocenters. The van der Waals surface area contributed by atoms with Crippen LogP contribution in [0.25, 0.3) is 0 Å². The molecule has 0 saturated carbocycles. The zero-order valence-corrected chi connectivity index (χ0v) is 15.3. The minimum absolute atomic E-state index is 0.0659. The van der Waals surface area contributed by atoms with E-state index in [4.69, 9.17) is 4.55 Å². The first-order valence-electron chi connectivity index (χ1n) is 8.72. The largest absolute Gasteiger partial charge is 0.433 e. The number of fused-ring (bicyclic) bond motifs is 1. The quantitative estimate of drug-likeness (QED) is 0.628. The van der Waals surface area contributed by atoms with Crippen LogP contribution in [0.2, 0.25) is 0 Å². The highest BCUT2D eigenvalue weighted by molar-refractivity contribution is 7.79. The topological polar surface area (TPSA) is 69.3 Å². The summed E-state index contributed by atoms with van der Waals surface area (Å²) in [6, 6.07) is 0.388. The van der Waals surface area contributed by atoms with Gasteiger partial charge in [-0.05, 0) is 26.7 Å². The van der Waals surface area contributed by atoms with Crippen LogP contribution in [0.1, 0.15) is 42.6 Å². The maximum Gasteiger partial charge on any atom is 0.433 e. The van der Waals surface area contributed by atoms with Crippen LogP contribution in [-0.4, -0.2) is 60.6 Å². The van der Waals surface area contributed by atoms with Gasteiger partial charge < -0.3 is 9.45 Å². The van der Waals surface area contributed by atoms with Gasteiger partial charge in [0.15, 0.2) is 16.8 Å². The van der Waals surface area contributed by atoms with Gasteiger partial charge in [-0.25, -0.2) is 14.2 Å². The number of hydrogen-bond acceptors (Lipinski definition) is 5. The van der Waals surface area contributed by atoms with Crippen molar-refractivity contribution in [2.45, 2.75) is 56.9 Å². The molecule has 3 saturated heterocycles. The Bertz CT molecular complexity index is 748. The first-order valence-corrected chi connectivity index (χ1v) is 10.00. The molecule has 3 aliphatic rings. The van der Waals surface area contributed by atoms with Crippen LogP contribution in [-0.2, 0) is 17.3 Å². The Labute approximate surface area is 152 Å². The van der Waals surface area contributed by atoms with Crippen LogP contribution in [0.4, 0.5) is 19.1 Å². The molecule has 10 heteroatoms. The Morgan fingerprint density at radius 1 is 1.35 bits per heavy atom. The lowest BCUT2D eigenvalue weighted by Gasteiger charge is -2.39. The highest BCUT2D eigenvalue weighted by Gasteiger charge is 2.55. The Morgan fingerprint density at radius 2 is 2.08 bits per heavy atom. The van der Waals surface area contributed by atoms with Crippen molar-refractivity contribution < 1.29 is 21.9 Å². The van der Waals surface area contributed by atoms with Gasteiger partial charge in [-0.3, -0.25) is 4.90 Å². The third kappa shape index (κ3) is 3.01. The van der Waals surface area contributed by atoms with E-state index < -0.39 is 23.0 Å². The highest BCUT2D eigenvalue weighted by atomic mass is 32.2. The molecule has 4 rings (SSSR count). The number of halogens is 3. The lowest BCUT2D eigenvalue weighted by Crippen LogP contribution is -2.47. The second-order valence-corrected chi connectivity index (χ2v) is 8.44. The predicted octanol–water partition coefficient (Wildman–Crippen LogP) is 2.16. The molecule has 0 amide bonds. The zero-order chi connectivity index (χ0) is 18.8. The van der Waals surface area contributed by atoms with Gasteiger partial charge in [0.1, 0.15) is 0 Å². The number of alkyl halides is 3. The normalized spacial score (nSPS) is 34.4. The fraction of sp³-hybridized carbons (Fsp3) is 0.750. The summed E-state index contributed by atoms with van der Waals surface area (Å²) in [5.74, 6) is 0.271. The summed E-state index contributed by atoms with van der Waals surface area (Å²) >= 11 is -1.85. The van der Waals surface area contributed by atoms with Gasteiger partial charge in [0, 0.05) is 42.7 Å². The van der Waals surface area contributed by atoms with Crippen LogP contribution in [0, 0.1) is 6.92 Å². The lowest BCUT2D eigenvalue weighted by atomic mass is 9.95. The van der Waals surface area contributed by atoms with Crippen molar-refractivity contribution in [3.63, 3.8) is 0 Å². The van der Waals surface area contributed by atoms with E-state index in [-0.39, 0.29) is 41.3 Å². The third-order valence-electron chi connectivity index (χ3n) is 5.88. The summed E-state index contributed by atoms with van der Waals surface area (Å²) in [6.45, 7) is 4.65. The summed E-state index contributed by atoms with van der Waals surface area (Å²) in [5, 5.41) is 0. The molecule has 144 valence electrons. The van der Waals surface area contributed by atoms with Crippen LogP contribution >= 0.6 is 0 Å². The van der Waals surface area contributed by atoms with Gasteiger partial charge in [-0.2, -0.15) is 13.2 Å². The fourth-order valence-corrected chi connectivity index (χ4v) is 4.97. The fourth-order valence-electron chi connectivity index (χ4n) is 4.26. The molecule has 0 aromatic carbocycles. The van der Waals surface area contributed by atoms with E-state index in [0.717, 1.165) is 6.42 Å². The Morgan fingerprint density at radius 3 is 2.54 bits per heavy atom. The summed E-state index contributed by atoms with van der Waals surface area (Å²) in [5.41, 5.74) is -0.276. The summed E-state index contributed by atoms with van der Waals surface area (Å²) in [6.07, 6.45) is -2.91. The maximum absolute atomic E-state index is 13.5. The molecule has 1 N–H and O–H groups in total. The molecule has 6 nitrogen and oxygen atoms in total. The summed E-state index contributed by atoms with van der Waals surface area (Å²) in [7, 11) is 0. The standard InChI is InChI=1S/C16H21F3N4O2S/c1-8-3-4-22(8)15-20-13(9(2)14(21-15)16(17,18)19)10-5-11-12(7-26(24)25)23(11)6-10/h8,10-12H,3-7H2,1-2H3,(H,24,25)/t8-,10?,11-,12+,23+/m0/s1. The number of aromatic nitrogens is 2. The van der Waals surface area contributed by atoms with Gasteiger partial charge in [0.05, 0.1) is 11.4 Å². The second-order valence-electron chi connectivity index (χ2n) is 7.46. The zero-order valence-electron chi connectivity index (χ0n) is 14.5. The molecule has 4 heterocycles. The van der Waals surface area contributed by atoms with Crippen molar-refractivity contribution in [1.29, 1.82) is 0 Å². The van der Waals surface area contributed by atoms with Crippen LogP contribution in [0.5, 0.6) is 0 Å². The van der Waals surface area contributed by atoms with Gasteiger partial charge in [0.2, 0.25) is 5.95 Å². The van der Waals surface area contributed by atoms with E-state index in [2.05, 4.69) is 14.9 Å². The molecule has 6 atom stereocenters. The van der Waals surface area contributed by atoms with E-state index in [1.54, 1.807) is 0 Å². The first-order chi connectivity index (χ1) is 12.2. The van der Waals surface area contributed by atoms with E-state index in [1.165, 1.54) is 6.92 Å². The average Bonchev–Trinajstić information content (AvgIpc) is 2.96. The molecule has 0 spiro atoms. The van der Waals surface area contributed by atoms with E-state index in [1.807, 2.05) is 11.8 Å². The summed E-state index contributed by atoms with van der Waals surface area (Å²) in [4.78, 5) is 12.3. The Hall–Kier alpha value is -1.26. The lowest BCUT2D eigenvalue weighted by molar-refractivity contribution is -0.141.